The van der Waals surface area contributed by atoms with Gasteiger partial charge >= 0.3 is 5.63 Å². The van der Waals surface area contributed by atoms with E-state index in [1.165, 1.54) is 0 Å². The van der Waals surface area contributed by atoms with E-state index in [0.29, 0.717) is 16.2 Å². The maximum Gasteiger partial charge on any atom is 0.343 e. The van der Waals surface area contributed by atoms with Crippen LogP contribution in [0.2, 0.25) is 5.02 Å². The van der Waals surface area contributed by atoms with E-state index in [1.54, 1.807) is 13.0 Å². The lowest BCUT2D eigenvalue weighted by molar-refractivity contribution is 0.488. The van der Waals surface area contributed by atoms with E-state index in [9.17, 15) is 4.79 Å². The third-order valence-electron chi connectivity index (χ3n) is 3.12. The minimum absolute atomic E-state index is 0.309. The van der Waals surface area contributed by atoms with Gasteiger partial charge < -0.3 is 4.42 Å². The Kier molecular flexibility index (Phi) is 3.40. The molecule has 0 aliphatic heterocycles. The highest BCUT2D eigenvalue weighted by molar-refractivity contribution is 9.10. The molecule has 1 aromatic heterocycles. The van der Waals surface area contributed by atoms with Crippen LogP contribution in [0, 0.1) is 6.92 Å². The van der Waals surface area contributed by atoms with Gasteiger partial charge in [-0.2, -0.15) is 0 Å². The Morgan fingerprint density at radius 3 is 2.70 bits per heavy atom. The minimum Gasteiger partial charge on any atom is -0.428 e. The summed E-state index contributed by atoms with van der Waals surface area (Å²) in [6.07, 6.45) is 0. The molecule has 0 unspecified atom stereocenters. The van der Waals surface area contributed by atoms with Crippen LogP contribution in [0.15, 0.2) is 56.1 Å². The van der Waals surface area contributed by atoms with Crippen LogP contribution in [-0.4, -0.2) is 0 Å². The molecule has 0 aliphatic rings. The molecule has 1 heterocycles. The summed E-state index contributed by atoms with van der Waals surface area (Å²) in [6, 6.07) is 13.1. The minimum atomic E-state index is -0.309. The molecule has 0 fully saturated rings. The second-order valence-electron chi connectivity index (χ2n) is 4.57. The van der Waals surface area contributed by atoms with Crippen LogP contribution < -0.4 is 5.63 Å². The standard InChI is InChI=1S/C16H10BrClO2/c1-9-6-11-7-10(2-4-13(11)16(19)20-9)14-8-12(18)3-5-15(14)17/h2-8H,1H3. The molecule has 3 rings (SSSR count). The molecule has 100 valence electrons. The Balaban J connectivity index is 2.28. The van der Waals surface area contributed by atoms with Gasteiger partial charge in [0.05, 0.1) is 5.39 Å². The lowest BCUT2D eigenvalue weighted by Gasteiger charge is -2.07. The summed E-state index contributed by atoms with van der Waals surface area (Å²) in [7, 11) is 0. The van der Waals surface area contributed by atoms with Gasteiger partial charge in [0.2, 0.25) is 0 Å². The van der Waals surface area contributed by atoms with E-state index in [2.05, 4.69) is 15.9 Å². The molecule has 2 aromatic carbocycles. The zero-order valence-electron chi connectivity index (χ0n) is 10.6. The molecule has 0 radical (unpaired) electrons. The summed E-state index contributed by atoms with van der Waals surface area (Å²) in [5.41, 5.74) is 1.68. The third kappa shape index (κ3) is 2.39. The fourth-order valence-electron chi connectivity index (χ4n) is 2.20. The van der Waals surface area contributed by atoms with Crippen molar-refractivity contribution in [3.05, 3.63) is 68.1 Å². The number of benzene rings is 2. The highest BCUT2D eigenvalue weighted by Crippen LogP contribution is 2.32. The summed E-state index contributed by atoms with van der Waals surface area (Å²) in [5.74, 6) is 0.602. The number of rotatable bonds is 1. The number of aryl methyl sites for hydroxylation is 1. The van der Waals surface area contributed by atoms with Crippen LogP contribution in [0.3, 0.4) is 0 Å². The van der Waals surface area contributed by atoms with Crippen LogP contribution in [0.1, 0.15) is 5.76 Å². The molecule has 0 spiro atoms. The highest BCUT2D eigenvalue weighted by atomic mass is 79.9. The van der Waals surface area contributed by atoms with Crippen molar-refractivity contribution in [1.82, 2.24) is 0 Å². The lowest BCUT2D eigenvalue weighted by atomic mass is 10.0. The van der Waals surface area contributed by atoms with Crippen molar-refractivity contribution in [2.24, 2.45) is 0 Å². The van der Waals surface area contributed by atoms with Crippen LogP contribution in [-0.2, 0) is 0 Å². The van der Waals surface area contributed by atoms with Crippen LogP contribution in [0.25, 0.3) is 21.9 Å². The Hall–Kier alpha value is -1.58. The molecule has 4 heteroatoms. The van der Waals surface area contributed by atoms with E-state index in [-0.39, 0.29) is 5.63 Å². The Bertz CT molecular complexity index is 868. The average Bonchev–Trinajstić information content (AvgIpc) is 2.40. The largest absolute Gasteiger partial charge is 0.428 e. The van der Waals surface area contributed by atoms with E-state index in [0.717, 1.165) is 21.0 Å². The summed E-state index contributed by atoms with van der Waals surface area (Å²) in [6.45, 7) is 1.77. The van der Waals surface area contributed by atoms with Crippen molar-refractivity contribution in [3.8, 4) is 11.1 Å². The first kappa shape index (κ1) is 13.4. The fourth-order valence-corrected chi connectivity index (χ4v) is 2.85. The van der Waals surface area contributed by atoms with Crippen molar-refractivity contribution in [1.29, 1.82) is 0 Å². The van der Waals surface area contributed by atoms with Gasteiger partial charge in [-0.15, -0.1) is 0 Å². The first-order valence-electron chi connectivity index (χ1n) is 6.04. The van der Waals surface area contributed by atoms with Gasteiger partial charge in [0, 0.05) is 9.50 Å². The molecule has 0 atom stereocenters. The Morgan fingerprint density at radius 1 is 1.10 bits per heavy atom. The molecule has 3 aromatic rings. The van der Waals surface area contributed by atoms with Gasteiger partial charge in [-0.05, 0) is 59.8 Å². The quantitative estimate of drug-likeness (QED) is 0.605. The molecular weight excluding hydrogens is 340 g/mol. The van der Waals surface area contributed by atoms with Crippen molar-refractivity contribution >= 4 is 38.3 Å². The predicted octanol–water partition coefficient (Wildman–Crippen LogP) is 5.18. The molecule has 0 bridgehead atoms. The monoisotopic (exact) mass is 348 g/mol. The Morgan fingerprint density at radius 2 is 1.90 bits per heavy atom. The predicted molar refractivity (Wildman–Crippen MR) is 85.4 cm³/mol. The zero-order valence-corrected chi connectivity index (χ0v) is 13.0. The van der Waals surface area contributed by atoms with Gasteiger partial charge in [0.1, 0.15) is 5.76 Å². The van der Waals surface area contributed by atoms with Gasteiger partial charge in [-0.25, -0.2) is 4.79 Å². The second kappa shape index (κ2) is 5.08. The molecule has 0 N–H and O–H groups in total. The number of hydrogen-bond acceptors (Lipinski definition) is 2. The van der Waals surface area contributed by atoms with E-state index < -0.39 is 0 Å². The van der Waals surface area contributed by atoms with Crippen LogP contribution >= 0.6 is 27.5 Å². The second-order valence-corrected chi connectivity index (χ2v) is 5.86. The molecule has 0 saturated carbocycles. The topological polar surface area (TPSA) is 30.2 Å². The van der Waals surface area contributed by atoms with Crippen molar-refractivity contribution in [3.63, 3.8) is 0 Å². The molecule has 0 amide bonds. The van der Waals surface area contributed by atoms with Crippen LogP contribution in [0.4, 0.5) is 0 Å². The number of halogens is 2. The molecule has 20 heavy (non-hydrogen) atoms. The number of fused-ring (bicyclic) bond motifs is 1. The van der Waals surface area contributed by atoms with E-state index in [4.69, 9.17) is 16.0 Å². The summed E-state index contributed by atoms with van der Waals surface area (Å²) in [5, 5.41) is 2.12. The lowest BCUT2D eigenvalue weighted by Crippen LogP contribution is -2.00. The molecule has 0 saturated heterocycles. The summed E-state index contributed by atoms with van der Waals surface area (Å²) < 4.78 is 6.05. The van der Waals surface area contributed by atoms with Crippen molar-refractivity contribution in [2.45, 2.75) is 6.92 Å². The summed E-state index contributed by atoms with van der Waals surface area (Å²) >= 11 is 9.57. The summed E-state index contributed by atoms with van der Waals surface area (Å²) in [4.78, 5) is 11.8. The van der Waals surface area contributed by atoms with Crippen molar-refractivity contribution in [2.75, 3.05) is 0 Å². The molecule has 2 nitrogen and oxygen atoms in total. The smallest absolute Gasteiger partial charge is 0.343 e. The molecule has 0 aliphatic carbocycles. The first-order valence-corrected chi connectivity index (χ1v) is 7.21. The zero-order chi connectivity index (χ0) is 14.3. The first-order chi connectivity index (χ1) is 9.54. The Labute approximate surface area is 129 Å². The van der Waals surface area contributed by atoms with Gasteiger partial charge in [0.15, 0.2) is 0 Å². The maximum atomic E-state index is 11.8. The van der Waals surface area contributed by atoms with Crippen LogP contribution in [0.5, 0.6) is 0 Å². The fraction of sp³-hybridized carbons (Fsp3) is 0.0625. The number of hydrogen-bond donors (Lipinski definition) is 0. The normalized spacial score (nSPS) is 10.9. The van der Waals surface area contributed by atoms with Gasteiger partial charge in [-0.1, -0.05) is 33.6 Å². The maximum absolute atomic E-state index is 11.8. The van der Waals surface area contributed by atoms with E-state index in [1.807, 2.05) is 36.4 Å². The molecular formula is C16H10BrClO2. The third-order valence-corrected chi connectivity index (χ3v) is 4.05. The van der Waals surface area contributed by atoms with Gasteiger partial charge in [-0.3, -0.25) is 0 Å². The van der Waals surface area contributed by atoms with E-state index >= 15 is 0 Å². The SMILES string of the molecule is Cc1cc2cc(-c3cc(Cl)ccc3Br)ccc2c(=O)o1. The van der Waals surface area contributed by atoms with Crippen molar-refractivity contribution < 1.29 is 4.42 Å². The highest BCUT2D eigenvalue weighted by Gasteiger charge is 2.07. The average molecular weight is 350 g/mol. The van der Waals surface area contributed by atoms with Gasteiger partial charge in [0.25, 0.3) is 0 Å².